The summed E-state index contributed by atoms with van der Waals surface area (Å²) in [6.07, 6.45) is 10.8. The van der Waals surface area contributed by atoms with Crippen LogP contribution in [-0.2, 0) is 6.54 Å². The highest BCUT2D eigenvalue weighted by molar-refractivity contribution is 5.67. The molecule has 1 aromatic carbocycles. The van der Waals surface area contributed by atoms with Gasteiger partial charge in [-0.15, -0.1) is 0 Å². The van der Waals surface area contributed by atoms with Gasteiger partial charge in [-0.3, -0.25) is 4.68 Å². The number of piperidine rings is 1. The highest BCUT2D eigenvalue weighted by Crippen LogP contribution is 2.23. The molecule has 1 fully saturated rings. The molecule has 5 nitrogen and oxygen atoms in total. The molecule has 0 bridgehead atoms. The van der Waals surface area contributed by atoms with Gasteiger partial charge in [0.05, 0.1) is 5.69 Å². The van der Waals surface area contributed by atoms with Crippen LogP contribution in [0.2, 0.25) is 0 Å². The molecule has 1 saturated heterocycles. The topological polar surface area (TPSA) is 46.8 Å². The summed E-state index contributed by atoms with van der Waals surface area (Å²) >= 11 is 0. The van der Waals surface area contributed by atoms with E-state index in [9.17, 15) is 0 Å². The van der Waals surface area contributed by atoms with E-state index in [-0.39, 0.29) is 0 Å². The molecule has 0 amide bonds. The van der Waals surface area contributed by atoms with Crippen molar-refractivity contribution in [3.63, 3.8) is 0 Å². The Bertz CT molecular complexity index is 842. The Morgan fingerprint density at radius 1 is 1.04 bits per heavy atom. The van der Waals surface area contributed by atoms with E-state index in [1.165, 1.54) is 25.8 Å². The number of nitrogens with zero attached hydrogens (tertiary/aromatic N) is 5. The fourth-order valence-corrected chi connectivity index (χ4v) is 3.70. The van der Waals surface area contributed by atoms with Crippen molar-refractivity contribution in [2.75, 3.05) is 13.6 Å². The summed E-state index contributed by atoms with van der Waals surface area (Å²) in [7, 11) is 2.25. The maximum atomic E-state index is 4.78. The van der Waals surface area contributed by atoms with E-state index in [4.69, 9.17) is 5.10 Å². The second-order valence-corrected chi connectivity index (χ2v) is 7.04. The molecule has 0 spiro atoms. The molecule has 2 aromatic heterocycles. The van der Waals surface area contributed by atoms with E-state index in [2.05, 4.69) is 51.0 Å². The third-order valence-corrected chi connectivity index (χ3v) is 5.24. The van der Waals surface area contributed by atoms with Crippen molar-refractivity contribution < 1.29 is 0 Å². The lowest BCUT2D eigenvalue weighted by Crippen LogP contribution is -2.36. The van der Waals surface area contributed by atoms with Crippen LogP contribution in [0.3, 0.4) is 0 Å². The molecule has 5 heteroatoms. The van der Waals surface area contributed by atoms with Gasteiger partial charge in [0.25, 0.3) is 0 Å². The van der Waals surface area contributed by atoms with Gasteiger partial charge in [-0.25, -0.2) is 9.97 Å². The number of benzene rings is 1. The Kier molecular flexibility index (Phi) is 5.07. The van der Waals surface area contributed by atoms with Gasteiger partial charge in [0.15, 0.2) is 5.82 Å². The summed E-state index contributed by atoms with van der Waals surface area (Å²) in [4.78, 5) is 11.2. The number of rotatable bonds is 5. The second-order valence-electron chi connectivity index (χ2n) is 7.04. The van der Waals surface area contributed by atoms with Crippen LogP contribution in [0.5, 0.6) is 0 Å². The monoisotopic (exact) mass is 347 g/mol. The maximum Gasteiger partial charge on any atom is 0.159 e. The fraction of sp³-hybridized carbons (Fsp3) is 0.381. The molecule has 134 valence electrons. The van der Waals surface area contributed by atoms with Crippen molar-refractivity contribution in [2.24, 2.45) is 0 Å². The van der Waals surface area contributed by atoms with Crippen molar-refractivity contribution in [3.8, 4) is 22.6 Å². The van der Waals surface area contributed by atoms with Gasteiger partial charge in [-0.05, 0) is 51.1 Å². The highest BCUT2D eigenvalue weighted by Gasteiger charge is 2.18. The zero-order valence-corrected chi connectivity index (χ0v) is 15.3. The third kappa shape index (κ3) is 3.83. The summed E-state index contributed by atoms with van der Waals surface area (Å²) < 4.78 is 2.07. The van der Waals surface area contributed by atoms with Crippen LogP contribution >= 0.6 is 0 Å². The van der Waals surface area contributed by atoms with Gasteiger partial charge in [-0.2, -0.15) is 5.10 Å². The van der Waals surface area contributed by atoms with Crippen LogP contribution in [0.4, 0.5) is 0 Å². The minimum Gasteiger partial charge on any atom is -0.303 e. The van der Waals surface area contributed by atoms with E-state index < -0.39 is 0 Å². The van der Waals surface area contributed by atoms with E-state index in [0.717, 1.165) is 35.6 Å². The number of hydrogen-bond acceptors (Lipinski definition) is 4. The van der Waals surface area contributed by atoms with E-state index in [1.807, 2.05) is 18.2 Å². The van der Waals surface area contributed by atoms with Crippen LogP contribution in [0.1, 0.15) is 25.7 Å². The molecule has 1 unspecified atom stereocenters. The first-order valence-corrected chi connectivity index (χ1v) is 9.41. The summed E-state index contributed by atoms with van der Waals surface area (Å²) in [5.41, 5.74) is 3.12. The minimum absolute atomic E-state index is 0.690. The summed E-state index contributed by atoms with van der Waals surface area (Å²) in [5.74, 6) is 0.745. The Morgan fingerprint density at radius 3 is 2.73 bits per heavy atom. The van der Waals surface area contributed by atoms with Crippen molar-refractivity contribution in [2.45, 2.75) is 38.3 Å². The minimum atomic E-state index is 0.690. The number of aryl methyl sites for hydroxylation is 1. The van der Waals surface area contributed by atoms with Crippen molar-refractivity contribution >= 4 is 0 Å². The molecule has 3 aromatic rings. The fourth-order valence-electron chi connectivity index (χ4n) is 3.70. The van der Waals surface area contributed by atoms with Crippen LogP contribution in [0, 0.1) is 0 Å². The lowest BCUT2D eigenvalue weighted by atomic mass is 10.0. The predicted octanol–water partition coefficient (Wildman–Crippen LogP) is 3.88. The molecule has 1 aliphatic heterocycles. The highest BCUT2D eigenvalue weighted by atomic mass is 15.3. The lowest BCUT2D eigenvalue weighted by molar-refractivity contribution is 0.169. The Balaban J connectivity index is 1.46. The Morgan fingerprint density at radius 2 is 1.88 bits per heavy atom. The summed E-state index contributed by atoms with van der Waals surface area (Å²) in [6.45, 7) is 2.19. The largest absolute Gasteiger partial charge is 0.303 e. The quantitative estimate of drug-likeness (QED) is 0.703. The van der Waals surface area contributed by atoms with Gasteiger partial charge in [-0.1, -0.05) is 24.6 Å². The van der Waals surface area contributed by atoms with Gasteiger partial charge < -0.3 is 4.90 Å². The Labute approximate surface area is 154 Å². The van der Waals surface area contributed by atoms with Crippen LogP contribution in [-0.4, -0.2) is 44.3 Å². The molecule has 1 atom stereocenters. The first-order chi connectivity index (χ1) is 12.8. The number of hydrogen-bond donors (Lipinski definition) is 0. The molecule has 0 radical (unpaired) electrons. The van der Waals surface area contributed by atoms with Crippen LogP contribution < -0.4 is 0 Å². The lowest BCUT2D eigenvalue weighted by Gasteiger charge is -2.32. The van der Waals surface area contributed by atoms with E-state index in [1.54, 1.807) is 12.4 Å². The van der Waals surface area contributed by atoms with Crippen molar-refractivity contribution in [3.05, 3.63) is 55.0 Å². The number of aromatic nitrogens is 4. The van der Waals surface area contributed by atoms with Crippen LogP contribution in [0.15, 0.2) is 55.0 Å². The standard InChI is InChI=1S/C21H25N5/c1-25-13-3-2-8-19(25)9-14-26-15-10-20(24-26)17-6-4-7-18(16-17)21-22-11-5-12-23-21/h4-7,10-12,15-16,19H,2-3,8-9,13-14H2,1H3. The molecule has 0 saturated carbocycles. The molecule has 3 heterocycles. The summed E-state index contributed by atoms with van der Waals surface area (Å²) in [5, 5.41) is 4.78. The molecule has 1 aliphatic rings. The van der Waals surface area contributed by atoms with Gasteiger partial charge in [0.2, 0.25) is 0 Å². The average Bonchev–Trinajstić information content (AvgIpc) is 3.17. The molecule has 0 aliphatic carbocycles. The van der Waals surface area contributed by atoms with Gasteiger partial charge >= 0.3 is 0 Å². The van der Waals surface area contributed by atoms with E-state index >= 15 is 0 Å². The van der Waals surface area contributed by atoms with Crippen LogP contribution in [0.25, 0.3) is 22.6 Å². The molecular weight excluding hydrogens is 322 g/mol. The SMILES string of the molecule is CN1CCCCC1CCn1ccc(-c2cccc(-c3ncccn3)c2)n1. The molecule has 26 heavy (non-hydrogen) atoms. The van der Waals surface area contributed by atoms with Crippen molar-refractivity contribution in [1.29, 1.82) is 0 Å². The zero-order chi connectivity index (χ0) is 17.8. The average molecular weight is 347 g/mol. The number of likely N-dealkylation sites (tertiary alicyclic amines) is 1. The molecular formula is C21H25N5. The Hall–Kier alpha value is -2.53. The smallest absolute Gasteiger partial charge is 0.159 e. The zero-order valence-electron chi connectivity index (χ0n) is 15.3. The summed E-state index contributed by atoms with van der Waals surface area (Å²) in [6, 6.07) is 12.9. The normalized spacial score (nSPS) is 18.1. The maximum absolute atomic E-state index is 4.78. The van der Waals surface area contributed by atoms with Gasteiger partial charge in [0, 0.05) is 42.3 Å². The third-order valence-electron chi connectivity index (χ3n) is 5.24. The molecule has 0 N–H and O–H groups in total. The van der Waals surface area contributed by atoms with Gasteiger partial charge in [0.1, 0.15) is 0 Å². The predicted molar refractivity (Wildman–Crippen MR) is 104 cm³/mol. The first kappa shape index (κ1) is 16.9. The molecule has 4 rings (SSSR count). The second kappa shape index (κ2) is 7.79. The van der Waals surface area contributed by atoms with E-state index in [0.29, 0.717) is 6.04 Å². The first-order valence-electron chi connectivity index (χ1n) is 9.41. The van der Waals surface area contributed by atoms with Crippen molar-refractivity contribution in [1.82, 2.24) is 24.6 Å².